The zero-order chi connectivity index (χ0) is 15.5. The van der Waals surface area contributed by atoms with Gasteiger partial charge in [-0.2, -0.15) is 0 Å². The maximum atomic E-state index is 14.3. The molecule has 0 radical (unpaired) electrons. The fourth-order valence-electron chi connectivity index (χ4n) is 2.05. The van der Waals surface area contributed by atoms with Gasteiger partial charge < -0.3 is 15.0 Å². The molecule has 0 aliphatic carbocycles. The third kappa shape index (κ3) is 2.96. The van der Waals surface area contributed by atoms with Crippen molar-refractivity contribution >= 4 is 21.8 Å². The maximum Gasteiger partial charge on any atom is 0.229 e. The number of hydrogen-bond donors (Lipinski definition) is 1. The van der Waals surface area contributed by atoms with Gasteiger partial charge in [0.2, 0.25) is 5.88 Å². The number of ether oxygens (including phenoxy) is 1. The number of aromatic nitrogens is 1. The highest BCUT2D eigenvalue weighted by Crippen LogP contribution is 2.35. The van der Waals surface area contributed by atoms with Crippen LogP contribution in [0.4, 0.5) is 10.3 Å². The molecule has 6 heteroatoms. The van der Waals surface area contributed by atoms with Gasteiger partial charge in [-0.05, 0) is 39.2 Å². The molecule has 0 aliphatic rings. The van der Waals surface area contributed by atoms with Gasteiger partial charge in [0.15, 0.2) is 11.6 Å². The summed E-state index contributed by atoms with van der Waals surface area (Å²) < 4.78 is 25.1. The minimum absolute atomic E-state index is 0.143. The Hall–Kier alpha value is -2.34. The molecule has 3 aromatic rings. The number of anilines is 1. The standard InChI is InChI=1S/C16H12BrFN2O2/c17-13-6-11(12-8-20-22-16(12)19)7-14(18)15(13)21-9-10-4-2-1-3-5-10/h1-8H,9,19H2. The van der Waals surface area contributed by atoms with Crippen molar-refractivity contribution in [1.82, 2.24) is 5.16 Å². The quantitative estimate of drug-likeness (QED) is 0.746. The Morgan fingerprint density at radius 1 is 1.23 bits per heavy atom. The summed E-state index contributed by atoms with van der Waals surface area (Å²) in [6, 6.07) is 12.6. The molecule has 0 aliphatic heterocycles. The van der Waals surface area contributed by atoms with Gasteiger partial charge in [0, 0.05) is 0 Å². The van der Waals surface area contributed by atoms with Crippen LogP contribution in [0.25, 0.3) is 11.1 Å². The van der Waals surface area contributed by atoms with Crippen LogP contribution in [0.5, 0.6) is 5.75 Å². The summed E-state index contributed by atoms with van der Waals surface area (Å²) >= 11 is 3.32. The summed E-state index contributed by atoms with van der Waals surface area (Å²) in [7, 11) is 0. The molecule has 3 rings (SSSR count). The van der Waals surface area contributed by atoms with Gasteiger partial charge in [-0.25, -0.2) is 4.39 Å². The average molecular weight is 363 g/mol. The fraction of sp³-hybridized carbons (Fsp3) is 0.0625. The van der Waals surface area contributed by atoms with E-state index in [2.05, 4.69) is 21.1 Å². The smallest absolute Gasteiger partial charge is 0.229 e. The van der Waals surface area contributed by atoms with Gasteiger partial charge in [-0.15, -0.1) is 0 Å². The third-order valence-corrected chi connectivity index (χ3v) is 3.72. The Morgan fingerprint density at radius 2 is 2.00 bits per heavy atom. The van der Waals surface area contributed by atoms with E-state index in [1.54, 1.807) is 6.07 Å². The van der Waals surface area contributed by atoms with Crippen LogP contribution in [0.2, 0.25) is 0 Å². The second kappa shape index (κ2) is 6.19. The summed E-state index contributed by atoms with van der Waals surface area (Å²) in [5.74, 6) is -0.187. The predicted molar refractivity (Wildman–Crippen MR) is 84.8 cm³/mol. The van der Waals surface area contributed by atoms with Crippen LogP contribution in [0, 0.1) is 5.82 Å². The van der Waals surface area contributed by atoms with Crippen LogP contribution in [0.15, 0.2) is 57.7 Å². The highest BCUT2D eigenvalue weighted by atomic mass is 79.9. The number of halogens is 2. The molecule has 0 amide bonds. The third-order valence-electron chi connectivity index (χ3n) is 3.13. The monoisotopic (exact) mass is 362 g/mol. The number of nitrogens with two attached hydrogens (primary N) is 1. The second-order valence-electron chi connectivity index (χ2n) is 4.65. The highest BCUT2D eigenvalue weighted by molar-refractivity contribution is 9.10. The van der Waals surface area contributed by atoms with Crippen LogP contribution in [-0.4, -0.2) is 5.16 Å². The highest BCUT2D eigenvalue weighted by Gasteiger charge is 2.15. The Morgan fingerprint density at radius 3 is 2.64 bits per heavy atom. The van der Waals surface area contributed by atoms with Crippen molar-refractivity contribution in [2.75, 3.05) is 5.73 Å². The summed E-state index contributed by atoms with van der Waals surface area (Å²) in [4.78, 5) is 0. The molecule has 2 N–H and O–H groups in total. The van der Waals surface area contributed by atoms with Crippen LogP contribution in [0.3, 0.4) is 0 Å². The van der Waals surface area contributed by atoms with Gasteiger partial charge in [-0.1, -0.05) is 35.5 Å². The molecule has 0 fully saturated rings. The lowest BCUT2D eigenvalue weighted by Crippen LogP contribution is -1.98. The van der Waals surface area contributed by atoms with Gasteiger partial charge in [0.1, 0.15) is 6.61 Å². The Balaban J connectivity index is 1.86. The Labute approximate surface area is 134 Å². The van der Waals surface area contributed by atoms with E-state index in [9.17, 15) is 4.39 Å². The number of rotatable bonds is 4. The first-order chi connectivity index (χ1) is 10.6. The van der Waals surface area contributed by atoms with Crippen molar-refractivity contribution in [2.45, 2.75) is 6.61 Å². The van der Waals surface area contributed by atoms with Gasteiger partial charge >= 0.3 is 0 Å². The molecule has 2 aromatic carbocycles. The van der Waals surface area contributed by atoms with Crippen LogP contribution >= 0.6 is 15.9 Å². The average Bonchev–Trinajstić information content (AvgIpc) is 2.93. The molecule has 0 unspecified atom stereocenters. The summed E-state index contributed by atoms with van der Waals surface area (Å²) in [6.45, 7) is 0.283. The summed E-state index contributed by atoms with van der Waals surface area (Å²) in [5, 5.41) is 3.59. The minimum Gasteiger partial charge on any atom is -0.485 e. The zero-order valence-electron chi connectivity index (χ0n) is 11.4. The Kier molecular flexibility index (Phi) is 4.11. The lowest BCUT2D eigenvalue weighted by molar-refractivity contribution is 0.288. The molecule has 4 nitrogen and oxygen atoms in total. The van der Waals surface area contributed by atoms with Crippen molar-refractivity contribution in [1.29, 1.82) is 0 Å². The van der Waals surface area contributed by atoms with Gasteiger partial charge in [-0.3, -0.25) is 0 Å². The van der Waals surface area contributed by atoms with Crippen molar-refractivity contribution in [3.63, 3.8) is 0 Å². The fourth-order valence-corrected chi connectivity index (χ4v) is 2.60. The number of nitrogens with zero attached hydrogens (tertiary/aromatic N) is 1. The summed E-state index contributed by atoms with van der Waals surface area (Å²) in [6.07, 6.45) is 1.45. The lowest BCUT2D eigenvalue weighted by Gasteiger charge is -2.11. The molecular formula is C16H12BrFN2O2. The number of benzene rings is 2. The first-order valence-electron chi connectivity index (χ1n) is 6.51. The van der Waals surface area contributed by atoms with E-state index >= 15 is 0 Å². The second-order valence-corrected chi connectivity index (χ2v) is 5.50. The van der Waals surface area contributed by atoms with E-state index in [-0.39, 0.29) is 18.2 Å². The van der Waals surface area contributed by atoms with E-state index in [0.29, 0.717) is 15.6 Å². The molecule has 0 bridgehead atoms. The molecular weight excluding hydrogens is 351 g/mol. The lowest BCUT2D eigenvalue weighted by atomic mass is 10.1. The van der Waals surface area contributed by atoms with E-state index in [0.717, 1.165) is 5.56 Å². The van der Waals surface area contributed by atoms with Crippen LogP contribution in [0.1, 0.15) is 5.56 Å². The first kappa shape index (κ1) is 14.6. The molecule has 0 atom stereocenters. The van der Waals surface area contributed by atoms with Crippen LogP contribution < -0.4 is 10.5 Å². The van der Waals surface area contributed by atoms with Gasteiger partial charge in [0.05, 0.1) is 16.2 Å². The SMILES string of the molecule is Nc1oncc1-c1cc(F)c(OCc2ccccc2)c(Br)c1. The first-order valence-corrected chi connectivity index (χ1v) is 7.30. The molecule has 0 saturated heterocycles. The minimum atomic E-state index is -0.485. The molecule has 112 valence electrons. The molecule has 0 saturated carbocycles. The van der Waals surface area contributed by atoms with E-state index < -0.39 is 5.82 Å². The number of hydrogen-bond acceptors (Lipinski definition) is 4. The van der Waals surface area contributed by atoms with Crippen molar-refractivity contribution in [3.8, 4) is 16.9 Å². The zero-order valence-corrected chi connectivity index (χ0v) is 13.0. The van der Waals surface area contributed by atoms with Crippen LogP contribution in [-0.2, 0) is 6.61 Å². The van der Waals surface area contributed by atoms with Crippen molar-refractivity contribution in [2.24, 2.45) is 0 Å². The predicted octanol–water partition coefficient (Wildman–Crippen LogP) is 4.40. The largest absolute Gasteiger partial charge is 0.485 e. The Bertz CT molecular complexity index is 767. The molecule has 0 spiro atoms. The van der Waals surface area contributed by atoms with E-state index in [1.807, 2.05) is 30.3 Å². The van der Waals surface area contributed by atoms with E-state index in [1.165, 1.54) is 12.3 Å². The topological polar surface area (TPSA) is 61.3 Å². The van der Waals surface area contributed by atoms with E-state index in [4.69, 9.17) is 15.0 Å². The summed E-state index contributed by atoms with van der Waals surface area (Å²) in [5.41, 5.74) is 7.71. The molecule has 1 heterocycles. The maximum absolute atomic E-state index is 14.3. The number of nitrogen functional groups attached to an aromatic ring is 1. The van der Waals surface area contributed by atoms with Crippen molar-refractivity contribution in [3.05, 3.63) is 64.5 Å². The van der Waals surface area contributed by atoms with Crippen molar-refractivity contribution < 1.29 is 13.7 Å². The molecule has 22 heavy (non-hydrogen) atoms. The molecule has 1 aromatic heterocycles. The normalized spacial score (nSPS) is 10.6. The van der Waals surface area contributed by atoms with Gasteiger partial charge in [0.25, 0.3) is 0 Å².